The van der Waals surface area contributed by atoms with Gasteiger partial charge in [-0.2, -0.15) is 0 Å². The summed E-state index contributed by atoms with van der Waals surface area (Å²) >= 11 is 0. The summed E-state index contributed by atoms with van der Waals surface area (Å²) in [5.74, 6) is 2.31. The van der Waals surface area contributed by atoms with Crippen molar-refractivity contribution in [2.75, 3.05) is 0 Å². The summed E-state index contributed by atoms with van der Waals surface area (Å²) < 4.78 is 29.9. The van der Waals surface area contributed by atoms with Crippen LogP contribution >= 0.6 is 0 Å². The molecule has 156 valence electrons. The Labute approximate surface area is 174 Å². The van der Waals surface area contributed by atoms with Crippen molar-refractivity contribution in [3.05, 3.63) is 59.7 Å². The highest BCUT2D eigenvalue weighted by Gasteiger charge is 2.36. The molecule has 2 aromatic carbocycles. The monoisotopic (exact) mass is 396 g/mol. The molecule has 4 unspecified atom stereocenters. The summed E-state index contributed by atoms with van der Waals surface area (Å²) in [6.45, 7) is 6.01. The van der Waals surface area contributed by atoms with E-state index < -0.39 is 0 Å². The standard InChI is InChI=1S/C27H34F2/c1-3-5-7-19-13-23-16-27(29)24(17-25(23)26(28)14-19)22-11-10-20-12-18(6-4-2)8-9-21(20)15-22/h3,13-14,16-18,20-22H,1,4-12,15H2,2H3. The third-order valence-corrected chi connectivity index (χ3v) is 7.57. The smallest absolute Gasteiger partial charge is 0.131 e. The maximum Gasteiger partial charge on any atom is 0.131 e. The fourth-order valence-electron chi connectivity index (χ4n) is 6.08. The summed E-state index contributed by atoms with van der Waals surface area (Å²) in [6.07, 6.45) is 13.3. The summed E-state index contributed by atoms with van der Waals surface area (Å²) in [7, 11) is 0. The van der Waals surface area contributed by atoms with Crippen LogP contribution in [-0.4, -0.2) is 0 Å². The summed E-state index contributed by atoms with van der Waals surface area (Å²) in [5.41, 5.74) is 1.65. The molecule has 0 aromatic heterocycles. The first kappa shape index (κ1) is 20.6. The molecule has 2 aromatic rings. The van der Waals surface area contributed by atoms with E-state index in [1.165, 1.54) is 38.5 Å². The van der Waals surface area contributed by atoms with E-state index in [0.717, 1.165) is 54.6 Å². The number of rotatable bonds is 6. The lowest BCUT2D eigenvalue weighted by Crippen LogP contribution is -2.30. The molecule has 0 saturated heterocycles. The van der Waals surface area contributed by atoms with Gasteiger partial charge in [-0.1, -0.05) is 38.3 Å². The Balaban J connectivity index is 1.54. The van der Waals surface area contributed by atoms with Crippen molar-refractivity contribution < 1.29 is 8.78 Å². The van der Waals surface area contributed by atoms with Crippen LogP contribution in [0.3, 0.4) is 0 Å². The van der Waals surface area contributed by atoms with E-state index >= 15 is 4.39 Å². The lowest BCUT2D eigenvalue weighted by molar-refractivity contribution is 0.113. The van der Waals surface area contributed by atoms with Crippen molar-refractivity contribution in [3.8, 4) is 0 Å². The van der Waals surface area contributed by atoms with E-state index in [-0.39, 0.29) is 17.6 Å². The van der Waals surface area contributed by atoms with Crippen molar-refractivity contribution in [1.29, 1.82) is 0 Å². The molecule has 2 aliphatic rings. The van der Waals surface area contributed by atoms with Crippen molar-refractivity contribution >= 4 is 10.8 Å². The van der Waals surface area contributed by atoms with Gasteiger partial charge in [-0.15, -0.1) is 6.58 Å². The maximum absolute atomic E-state index is 15.1. The van der Waals surface area contributed by atoms with Gasteiger partial charge in [0.1, 0.15) is 11.6 Å². The molecule has 4 rings (SSSR count). The van der Waals surface area contributed by atoms with Gasteiger partial charge in [-0.3, -0.25) is 0 Å². The second-order valence-electron chi connectivity index (χ2n) is 9.50. The van der Waals surface area contributed by atoms with Crippen LogP contribution in [0.4, 0.5) is 8.78 Å². The fourth-order valence-corrected chi connectivity index (χ4v) is 6.08. The van der Waals surface area contributed by atoms with Gasteiger partial charge in [-0.25, -0.2) is 8.78 Å². The second-order valence-corrected chi connectivity index (χ2v) is 9.50. The number of aryl methyl sites for hydroxylation is 1. The molecular weight excluding hydrogens is 362 g/mol. The number of allylic oxidation sites excluding steroid dienone is 1. The van der Waals surface area contributed by atoms with Gasteiger partial charge in [0.25, 0.3) is 0 Å². The van der Waals surface area contributed by atoms with Crippen molar-refractivity contribution in [1.82, 2.24) is 0 Å². The zero-order valence-electron chi connectivity index (χ0n) is 17.7. The van der Waals surface area contributed by atoms with Crippen molar-refractivity contribution in [2.45, 2.75) is 77.0 Å². The molecule has 0 nitrogen and oxygen atoms in total. The average molecular weight is 397 g/mol. The molecule has 2 aliphatic carbocycles. The van der Waals surface area contributed by atoms with Crippen LogP contribution in [-0.2, 0) is 6.42 Å². The van der Waals surface area contributed by atoms with Crippen LogP contribution in [0, 0.1) is 29.4 Å². The molecule has 0 spiro atoms. The number of hydrogen-bond acceptors (Lipinski definition) is 0. The molecule has 0 bridgehead atoms. The van der Waals surface area contributed by atoms with E-state index in [1.54, 1.807) is 12.1 Å². The first-order chi connectivity index (χ1) is 14.1. The zero-order valence-corrected chi connectivity index (χ0v) is 17.7. The van der Waals surface area contributed by atoms with E-state index in [0.29, 0.717) is 10.8 Å². The lowest BCUT2D eigenvalue weighted by Gasteiger charge is -2.42. The molecule has 0 N–H and O–H groups in total. The third-order valence-electron chi connectivity index (χ3n) is 7.57. The first-order valence-electron chi connectivity index (χ1n) is 11.6. The Bertz CT molecular complexity index is 868. The molecule has 0 radical (unpaired) electrons. The molecule has 0 heterocycles. The predicted molar refractivity (Wildman–Crippen MR) is 118 cm³/mol. The van der Waals surface area contributed by atoms with Crippen LogP contribution in [0.15, 0.2) is 36.9 Å². The molecule has 2 saturated carbocycles. The largest absolute Gasteiger partial charge is 0.207 e. The second kappa shape index (κ2) is 8.98. The normalized spacial score (nSPS) is 27.0. The Morgan fingerprint density at radius 2 is 1.76 bits per heavy atom. The Morgan fingerprint density at radius 1 is 0.966 bits per heavy atom. The number of fused-ring (bicyclic) bond motifs is 2. The number of hydrogen-bond donors (Lipinski definition) is 0. The topological polar surface area (TPSA) is 0 Å². The minimum Gasteiger partial charge on any atom is -0.207 e. The van der Waals surface area contributed by atoms with Gasteiger partial charge < -0.3 is 0 Å². The summed E-state index contributed by atoms with van der Waals surface area (Å²) in [6, 6.07) is 6.92. The summed E-state index contributed by atoms with van der Waals surface area (Å²) in [5, 5.41) is 1.25. The van der Waals surface area contributed by atoms with Gasteiger partial charge in [0.2, 0.25) is 0 Å². The van der Waals surface area contributed by atoms with Crippen LogP contribution in [0.5, 0.6) is 0 Å². The van der Waals surface area contributed by atoms with Crippen LogP contribution < -0.4 is 0 Å². The number of halogens is 2. The molecule has 4 atom stereocenters. The quantitative estimate of drug-likeness (QED) is 0.430. The molecule has 29 heavy (non-hydrogen) atoms. The van der Waals surface area contributed by atoms with E-state index in [2.05, 4.69) is 13.5 Å². The van der Waals surface area contributed by atoms with Gasteiger partial charge >= 0.3 is 0 Å². The van der Waals surface area contributed by atoms with Gasteiger partial charge in [-0.05, 0) is 103 Å². The van der Waals surface area contributed by atoms with Gasteiger partial charge in [0.05, 0.1) is 0 Å². The SMILES string of the molecule is C=CCCc1cc(F)c2cc(C3CCC4CC(CCC)CCC4C3)c(F)cc2c1. The highest BCUT2D eigenvalue weighted by atomic mass is 19.1. The Morgan fingerprint density at radius 3 is 2.55 bits per heavy atom. The highest BCUT2D eigenvalue weighted by molar-refractivity contribution is 5.85. The third kappa shape index (κ3) is 4.42. The fraction of sp³-hybridized carbons (Fsp3) is 0.556. The Hall–Kier alpha value is -1.70. The van der Waals surface area contributed by atoms with E-state index in [1.807, 2.05) is 18.2 Å². The minimum atomic E-state index is -0.225. The lowest BCUT2D eigenvalue weighted by atomic mass is 9.63. The average Bonchev–Trinajstić information content (AvgIpc) is 2.71. The molecule has 0 aliphatic heterocycles. The van der Waals surface area contributed by atoms with Crippen LogP contribution in [0.1, 0.15) is 81.8 Å². The van der Waals surface area contributed by atoms with E-state index in [9.17, 15) is 4.39 Å². The molecule has 0 amide bonds. The minimum absolute atomic E-state index is 0.152. The highest BCUT2D eigenvalue weighted by Crippen LogP contribution is 2.49. The summed E-state index contributed by atoms with van der Waals surface area (Å²) in [4.78, 5) is 0. The number of benzene rings is 2. The van der Waals surface area contributed by atoms with Crippen molar-refractivity contribution in [2.24, 2.45) is 17.8 Å². The zero-order chi connectivity index (χ0) is 20.4. The Kier molecular flexibility index (Phi) is 6.37. The molecular formula is C27H34F2. The van der Waals surface area contributed by atoms with Gasteiger partial charge in [0.15, 0.2) is 0 Å². The van der Waals surface area contributed by atoms with Crippen LogP contribution in [0.2, 0.25) is 0 Å². The molecule has 2 fully saturated rings. The van der Waals surface area contributed by atoms with Gasteiger partial charge in [0, 0.05) is 5.39 Å². The van der Waals surface area contributed by atoms with E-state index in [4.69, 9.17) is 0 Å². The maximum atomic E-state index is 15.1. The first-order valence-corrected chi connectivity index (χ1v) is 11.6. The van der Waals surface area contributed by atoms with Crippen LogP contribution in [0.25, 0.3) is 10.8 Å². The van der Waals surface area contributed by atoms with Crippen molar-refractivity contribution in [3.63, 3.8) is 0 Å². The molecule has 2 heteroatoms. The predicted octanol–water partition coefficient (Wildman–Crippen LogP) is 8.34.